The Hall–Kier alpha value is -1.44. The summed E-state index contributed by atoms with van der Waals surface area (Å²) in [5.74, 6) is -2.01. The van der Waals surface area contributed by atoms with E-state index in [2.05, 4.69) is 0 Å². The van der Waals surface area contributed by atoms with Crippen molar-refractivity contribution in [2.24, 2.45) is 0 Å². The summed E-state index contributed by atoms with van der Waals surface area (Å²) >= 11 is 11.9. The fourth-order valence-corrected chi connectivity index (χ4v) is 3.19. The lowest BCUT2D eigenvalue weighted by molar-refractivity contribution is -0.137. The van der Waals surface area contributed by atoms with Crippen molar-refractivity contribution < 1.29 is 19.1 Å². The van der Waals surface area contributed by atoms with Gasteiger partial charge in [0.2, 0.25) is 0 Å². The van der Waals surface area contributed by atoms with Crippen LogP contribution in [0.5, 0.6) is 0 Å². The summed E-state index contributed by atoms with van der Waals surface area (Å²) in [5, 5.41) is 8.84. The van der Waals surface area contributed by atoms with Gasteiger partial charge in [-0.2, -0.15) is 0 Å². The first kappa shape index (κ1) is 15.9. The lowest BCUT2D eigenvalue weighted by atomic mass is 10.2. The van der Waals surface area contributed by atoms with E-state index in [4.69, 9.17) is 28.9 Å². The Morgan fingerprint density at radius 3 is 2.86 bits per heavy atom. The average Bonchev–Trinajstić information content (AvgIpc) is 2.67. The van der Waals surface area contributed by atoms with Gasteiger partial charge in [0.25, 0.3) is 5.91 Å². The molecule has 0 atom stereocenters. The lowest BCUT2D eigenvalue weighted by Crippen LogP contribution is -2.30. The zero-order valence-electron chi connectivity index (χ0n) is 10.5. The first-order valence-electron chi connectivity index (χ1n) is 5.81. The lowest BCUT2D eigenvalue weighted by Gasteiger charge is -2.12. The van der Waals surface area contributed by atoms with Gasteiger partial charge in [-0.1, -0.05) is 41.6 Å². The van der Waals surface area contributed by atoms with Crippen molar-refractivity contribution >= 4 is 57.9 Å². The highest BCUT2D eigenvalue weighted by molar-refractivity contribution is 8.26. The number of carboxylic acid groups (broad SMARTS) is 1. The molecule has 1 aromatic rings. The van der Waals surface area contributed by atoms with Crippen LogP contribution in [0.15, 0.2) is 23.1 Å². The summed E-state index contributed by atoms with van der Waals surface area (Å²) in [6.45, 7) is -0.0116. The van der Waals surface area contributed by atoms with Gasteiger partial charge >= 0.3 is 5.97 Å². The zero-order valence-corrected chi connectivity index (χ0v) is 12.9. The molecule has 0 spiro atoms. The van der Waals surface area contributed by atoms with Crippen LogP contribution in [0, 0.1) is 5.82 Å². The summed E-state index contributed by atoms with van der Waals surface area (Å²) in [6, 6.07) is 4.22. The van der Waals surface area contributed by atoms with Gasteiger partial charge in [-0.15, -0.1) is 0 Å². The van der Waals surface area contributed by atoms with Crippen LogP contribution in [0.4, 0.5) is 4.39 Å². The third kappa shape index (κ3) is 3.61. The normalized spacial score (nSPS) is 16.9. The SMILES string of the molecule is O=C(O)CCN1C(=O)/C(=C\c2c(F)cccc2Cl)SC1=S. The Labute approximate surface area is 134 Å². The molecule has 0 saturated carbocycles. The Kier molecular flexibility index (Phi) is 4.97. The van der Waals surface area contributed by atoms with E-state index in [9.17, 15) is 14.0 Å². The number of thiocarbonyl (C=S) groups is 1. The van der Waals surface area contributed by atoms with E-state index in [-0.39, 0.29) is 32.8 Å². The summed E-state index contributed by atoms with van der Waals surface area (Å²) in [6.07, 6.45) is 1.12. The quantitative estimate of drug-likeness (QED) is 0.671. The Morgan fingerprint density at radius 2 is 2.24 bits per heavy atom. The van der Waals surface area contributed by atoms with Crippen LogP contribution in [0.25, 0.3) is 6.08 Å². The topological polar surface area (TPSA) is 57.6 Å². The van der Waals surface area contributed by atoms with Gasteiger partial charge in [0, 0.05) is 12.1 Å². The molecule has 1 heterocycles. The minimum Gasteiger partial charge on any atom is -0.481 e. The number of rotatable bonds is 4. The number of amides is 1. The molecule has 4 nitrogen and oxygen atoms in total. The molecule has 0 aliphatic carbocycles. The predicted octanol–water partition coefficient (Wildman–Crippen LogP) is 3.16. The molecule has 1 fully saturated rings. The number of hydrogen-bond donors (Lipinski definition) is 1. The number of halogens is 2. The minimum absolute atomic E-state index is 0.0116. The average molecular weight is 346 g/mol. The highest BCUT2D eigenvalue weighted by Crippen LogP contribution is 2.34. The molecule has 1 N–H and O–H groups in total. The number of benzene rings is 1. The molecule has 0 aromatic heterocycles. The van der Waals surface area contributed by atoms with Crippen LogP contribution in [-0.4, -0.2) is 32.7 Å². The van der Waals surface area contributed by atoms with Crippen molar-refractivity contribution in [2.75, 3.05) is 6.54 Å². The Balaban J connectivity index is 2.26. The fraction of sp³-hybridized carbons (Fsp3) is 0.154. The largest absolute Gasteiger partial charge is 0.481 e. The van der Waals surface area contributed by atoms with E-state index in [0.717, 1.165) is 11.8 Å². The molecule has 1 aliphatic heterocycles. The van der Waals surface area contributed by atoms with E-state index in [1.54, 1.807) is 0 Å². The van der Waals surface area contributed by atoms with Crippen molar-refractivity contribution in [3.8, 4) is 0 Å². The van der Waals surface area contributed by atoms with E-state index < -0.39 is 17.7 Å². The maximum absolute atomic E-state index is 13.7. The van der Waals surface area contributed by atoms with Gasteiger partial charge in [0.15, 0.2) is 0 Å². The number of carbonyl (C=O) groups excluding carboxylic acids is 1. The van der Waals surface area contributed by atoms with Crippen LogP contribution < -0.4 is 0 Å². The Morgan fingerprint density at radius 1 is 1.52 bits per heavy atom. The smallest absolute Gasteiger partial charge is 0.305 e. The molecule has 1 saturated heterocycles. The summed E-state index contributed by atoms with van der Waals surface area (Å²) < 4.78 is 14.0. The summed E-state index contributed by atoms with van der Waals surface area (Å²) in [7, 11) is 0. The van der Waals surface area contributed by atoms with Gasteiger partial charge in [-0.3, -0.25) is 14.5 Å². The second-order valence-corrected chi connectivity index (χ2v) is 6.20. The third-order valence-corrected chi connectivity index (χ3v) is 4.41. The second-order valence-electron chi connectivity index (χ2n) is 4.11. The van der Waals surface area contributed by atoms with Crippen molar-refractivity contribution in [1.82, 2.24) is 4.90 Å². The van der Waals surface area contributed by atoms with E-state index in [1.165, 1.54) is 29.2 Å². The first-order valence-corrected chi connectivity index (χ1v) is 7.41. The van der Waals surface area contributed by atoms with Gasteiger partial charge in [-0.05, 0) is 18.2 Å². The minimum atomic E-state index is -1.02. The van der Waals surface area contributed by atoms with Crippen molar-refractivity contribution in [1.29, 1.82) is 0 Å². The van der Waals surface area contributed by atoms with Gasteiger partial charge in [0.05, 0.1) is 16.3 Å². The monoisotopic (exact) mass is 345 g/mol. The first-order chi connectivity index (χ1) is 9.90. The van der Waals surface area contributed by atoms with Gasteiger partial charge in [-0.25, -0.2) is 4.39 Å². The molecule has 1 aliphatic rings. The van der Waals surface area contributed by atoms with Crippen LogP contribution in [-0.2, 0) is 9.59 Å². The standard InChI is InChI=1S/C13H9ClFNO3S2/c14-8-2-1-3-9(15)7(8)6-10-12(19)16(13(20)21-10)5-4-11(17)18/h1-3,6H,4-5H2,(H,17,18)/b10-6+. The molecule has 1 aromatic carbocycles. The molecule has 0 bridgehead atoms. The van der Waals surface area contributed by atoms with Gasteiger partial charge in [0.1, 0.15) is 10.1 Å². The fourth-order valence-electron chi connectivity index (χ4n) is 1.68. The van der Waals surface area contributed by atoms with E-state index >= 15 is 0 Å². The molecule has 0 radical (unpaired) electrons. The van der Waals surface area contributed by atoms with E-state index in [0.29, 0.717) is 0 Å². The Bertz CT molecular complexity index is 643. The summed E-state index contributed by atoms with van der Waals surface area (Å²) in [5.41, 5.74) is 0.109. The molecule has 1 amide bonds. The second kappa shape index (κ2) is 6.55. The maximum atomic E-state index is 13.7. The van der Waals surface area contributed by atoms with Crippen molar-refractivity contribution in [3.05, 3.63) is 39.5 Å². The molecule has 0 unspecified atom stereocenters. The number of nitrogens with zero attached hydrogens (tertiary/aromatic N) is 1. The molecular weight excluding hydrogens is 337 g/mol. The highest BCUT2D eigenvalue weighted by atomic mass is 35.5. The number of carboxylic acids is 1. The number of hydrogen-bond acceptors (Lipinski definition) is 4. The van der Waals surface area contributed by atoms with Crippen LogP contribution in [0.3, 0.4) is 0 Å². The van der Waals surface area contributed by atoms with Crippen LogP contribution in [0.2, 0.25) is 5.02 Å². The van der Waals surface area contributed by atoms with E-state index in [1.807, 2.05) is 0 Å². The molecule has 8 heteroatoms. The number of carbonyl (C=O) groups is 2. The zero-order chi connectivity index (χ0) is 15.6. The molecule has 21 heavy (non-hydrogen) atoms. The maximum Gasteiger partial charge on any atom is 0.305 e. The number of thioether (sulfide) groups is 1. The third-order valence-electron chi connectivity index (χ3n) is 2.70. The van der Waals surface area contributed by atoms with Gasteiger partial charge < -0.3 is 5.11 Å². The van der Waals surface area contributed by atoms with Crippen LogP contribution in [0.1, 0.15) is 12.0 Å². The van der Waals surface area contributed by atoms with Crippen molar-refractivity contribution in [2.45, 2.75) is 6.42 Å². The predicted molar refractivity (Wildman–Crippen MR) is 83.5 cm³/mol. The molecule has 2 rings (SSSR count). The number of aliphatic carboxylic acids is 1. The highest BCUT2D eigenvalue weighted by Gasteiger charge is 2.32. The molecular formula is C13H9ClFNO3S2. The molecule has 110 valence electrons. The van der Waals surface area contributed by atoms with Crippen molar-refractivity contribution in [3.63, 3.8) is 0 Å². The van der Waals surface area contributed by atoms with Crippen LogP contribution >= 0.6 is 35.6 Å². The summed E-state index contributed by atoms with van der Waals surface area (Å²) in [4.78, 5) is 24.1.